The third-order valence-corrected chi connectivity index (χ3v) is 3.43. The van der Waals surface area contributed by atoms with E-state index in [4.69, 9.17) is 0 Å². The topological polar surface area (TPSA) is 142 Å². The Hall–Kier alpha value is -3.82. The standard InChI is InChI=1S/C16H13N3O7/c1-26-16(21)14(10-5-3-2-4-6-10)17-15(20)11-7-12(18(22)23)9-13(8-11)19(24)25/h2-9,14H,1H3,(H,17,20)/t14-/m1/s1. The molecule has 2 aromatic rings. The number of rotatable bonds is 6. The molecule has 2 rings (SSSR count). The van der Waals surface area contributed by atoms with Crippen molar-refractivity contribution >= 4 is 23.3 Å². The van der Waals surface area contributed by atoms with Crippen LogP contribution in [0.3, 0.4) is 0 Å². The van der Waals surface area contributed by atoms with Crippen molar-refractivity contribution in [2.45, 2.75) is 6.04 Å². The number of ether oxygens (including phenoxy) is 1. The van der Waals surface area contributed by atoms with Crippen LogP contribution in [0.1, 0.15) is 22.0 Å². The zero-order valence-electron chi connectivity index (χ0n) is 13.4. The van der Waals surface area contributed by atoms with E-state index in [1.54, 1.807) is 30.3 Å². The summed E-state index contributed by atoms with van der Waals surface area (Å²) < 4.78 is 4.66. The fourth-order valence-electron chi connectivity index (χ4n) is 2.19. The van der Waals surface area contributed by atoms with Gasteiger partial charge in [0.05, 0.1) is 28.6 Å². The minimum absolute atomic E-state index is 0.323. The lowest BCUT2D eigenvalue weighted by atomic mass is 10.1. The van der Waals surface area contributed by atoms with E-state index in [0.29, 0.717) is 5.56 Å². The molecule has 1 amide bonds. The fourth-order valence-corrected chi connectivity index (χ4v) is 2.19. The van der Waals surface area contributed by atoms with Crippen LogP contribution < -0.4 is 5.32 Å². The van der Waals surface area contributed by atoms with E-state index in [1.165, 1.54) is 0 Å². The first-order valence-corrected chi connectivity index (χ1v) is 7.21. The second-order valence-electron chi connectivity index (χ2n) is 5.09. The van der Waals surface area contributed by atoms with Gasteiger partial charge in [-0.2, -0.15) is 0 Å². The van der Waals surface area contributed by atoms with Crippen LogP contribution in [-0.2, 0) is 9.53 Å². The Bertz CT molecular complexity index is 835. The highest BCUT2D eigenvalue weighted by atomic mass is 16.6. The number of amides is 1. The van der Waals surface area contributed by atoms with Gasteiger partial charge in [0.2, 0.25) is 0 Å². The van der Waals surface area contributed by atoms with E-state index in [-0.39, 0.29) is 5.56 Å². The van der Waals surface area contributed by atoms with Crippen LogP contribution in [0, 0.1) is 20.2 Å². The van der Waals surface area contributed by atoms with Gasteiger partial charge in [-0.25, -0.2) is 4.79 Å². The van der Waals surface area contributed by atoms with Crippen molar-refractivity contribution in [2.24, 2.45) is 0 Å². The van der Waals surface area contributed by atoms with Gasteiger partial charge in [0.1, 0.15) is 0 Å². The molecule has 0 aliphatic heterocycles. The Morgan fingerprint density at radius 2 is 1.54 bits per heavy atom. The predicted molar refractivity (Wildman–Crippen MR) is 88.4 cm³/mol. The van der Waals surface area contributed by atoms with Crippen molar-refractivity contribution in [3.8, 4) is 0 Å². The highest BCUT2D eigenvalue weighted by Gasteiger charge is 2.26. The monoisotopic (exact) mass is 359 g/mol. The molecule has 1 atom stereocenters. The molecule has 10 heteroatoms. The first-order chi connectivity index (χ1) is 12.3. The highest BCUT2D eigenvalue weighted by molar-refractivity contribution is 5.98. The van der Waals surface area contributed by atoms with Crippen molar-refractivity contribution in [2.75, 3.05) is 7.11 Å². The summed E-state index contributed by atoms with van der Waals surface area (Å²) in [5, 5.41) is 24.2. The number of hydrogen-bond donors (Lipinski definition) is 1. The number of methoxy groups -OCH3 is 1. The number of carbonyl (C=O) groups is 2. The summed E-state index contributed by atoms with van der Waals surface area (Å²) in [6, 6.07) is 9.52. The summed E-state index contributed by atoms with van der Waals surface area (Å²) in [6.07, 6.45) is 0. The quantitative estimate of drug-likeness (QED) is 0.473. The van der Waals surface area contributed by atoms with Crippen LogP contribution in [0.5, 0.6) is 0 Å². The summed E-state index contributed by atoms with van der Waals surface area (Å²) in [5.41, 5.74) is -1.12. The summed E-state index contributed by atoms with van der Waals surface area (Å²) in [4.78, 5) is 44.6. The minimum atomic E-state index is -1.17. The minimum Gasteiger partial charge on any atom is -0.467 e. The Balaban J connectivity index is 2.39. The lowest BCUT2D eigenvalue weighted by molar-refractivity contribution is -0.394. The van der Waals surface area contributed by atoms with Gasteiger partial charge in [0.15, 0.2) is 6.04 Å². The molecule has 0 unspecified atom stereocenters. The van der Waals surface area contributed by atoms with Gasteiger partial charge in [-0.3, -0.25) is 25.0 Å². The van der Waals surface area contributed by atoms with Crippen LogP contribution in [0.25, 0.3) is 0 Å². The molecular formula is C16H13N3O7. The SMILES string of the molecule is COC(=O)[C@H](NC(=O)c1cc([N+](=O)[O-])cc([N+](=O)[O-])c1)c1ccccc1. The number of nitro benzene ring substituents is 2. The van der Waals surface area contributed by atoms with Crippen LogP contribution in [0.4, 0.5) is 11.4 Å². The van der Waals surface area contributed by atoms with Gasteiger partial charge < -0.3 is 10.1 Å². The molecular weight excluding hydrogens is 346 g/mol. The molecule has 0 fully saturated rings. The number of non-ortho nitro benzene ring substituents is 2. The number of benzene rings is 2. The van der Waals surface area contributed by atoms with Gasteiger partial charge >= 0.3 is 5.97 Å². The van der Waals surface area contributed by atoms with Crippen molar-refractivity contribution in [3.63, 3.8) is 0 Å². The largest absolute Gasteiger partial charge is 0.467 e. The third-order valence-electron chi connectivity index (χ3n) is 3.43. The lowest BCUT2D eigenvalue weighted by Crippen LogP contribution is -2.34. The summed E-state index contributed by atoms with van der Waals surface area (Å²) in [6.45, 7) is 0. The Kier molecular flexibility index (Phi) is 5.58. The summed E-state index contributed by atoms with van der Waals surface area (Å²) >= 11 is 0. The van der Waals surface area contributed by atoms with Crippen LogP contribution in [0.2, 0.25) is 0 Å². The zero-order valence-corrected chi connectivity index (χ0v) is 13.4. The van der Waals surface area contributed by atoms with Crippen molar-refractivity contribution in [3.05, 3.63) is 79.9 Å². The summed E-state index contributed by atoms with van der Waals surface area (Å²) in [5.74, 6) is -1.65. The maximum atomic E-state index is 12.4. The number of carbonyl (C=O) groups excluding carboxylic acids is 2. The van der Waals surface area contributed by atoms with Crippen molar-refractivity contribution < 1.29 is 24.2 Å². The zero-order chi connectivity index (χ0) is 19.3. The van der Waals surface area contributed by atoms with E-state index >= 15 is 0 Å². The molecule has 0 heterocycles. The predicted octanol–water partition coefficient (Wildman–Crippen LogP) is 2.15. The normalized spacial score (nSPS) is 11.3. The Morgan fingerprint density at radius 3 is 2.00 bits per heavy atom. The fraction of sp³-hybridized carbons (Fsp3) is 0.125. The van der Waals surface area contributed by atoms with Gasteiger partial charge in [-0.15, -0.1) is 0 Å². The summed E-state index contributed by atoms with van der Waals surface area (Å²) in [7, 11) is 1.14. The molecule has 1 N–H and O–H groups in total. The molecule has 0 saturated carbocycles. The third kappa shape index (κ3) is 4.17. The molecule has 0 aliphatic rings. The molecule has 0 saturated heterocycles. The molecule has 2 aromatic carbocycles. The van der Waals surface area contributed by atoms with Gasteiger partial charge in [-0.1, -0.05) is 30.3 Å². The van der Waals surface area contributed by atoms with Crippen molar-refractivity contribution in [1.29, 1.82) is 0 Å². The Morgan fingerprint density at radius 1 is 1.00 bits per heavy atom. The second-order valence-corrected chi connectivity index (χ2v) is 5.09. The molecule has 0 radical (unpaired) electrons. The Labute approximate surface area is 146 Å². The molecule has 10 nitrogen and oxygen atoms in total. The number of nitrogens with one attached hydrogen (secondary N) is 1. The van der Waals surface area contributed by atoms with E-state index in [9.17, 15) is 29.8 Å². The van der Waals surface area contributed by atoms with E-state index in [2.05, 4.69) is 10.1 Å². The number of esters is 1. The molecule has 134 valence electrons. The average Bonchev–Trinajstić information content (AvgIpc) is 2.65. The smallest absolute Gasteiger partial charge is 0.333 e. The lowest BCUT2D eigenvalue weighted by Gasteiger charge is -2.16. The maximum Gasteiger partial charge on any atom is 0.333 e. The molecule has 26 heavy (non-hydrogen) atoms. The molecule has 0 bridgehead atoms. The number of nitrogens with zero attached hydrogens (tertiary/aromatic N) is 2. The highest BCUT2D eigenvalue weighted by Crippen LogP contribution is 2.23. The van der Waals surface area contributed by atoms with Crippen molar-refractivity contribution in [1.82, 2.24) is 5.32 Å². The molecule has 0 aromatic heterocycles. The maximum absolute atomic E-state index is 12.4. The van der Waals surface area contributed by atoms with Gasteiger partial charge in [-0.05, 0) is 5.56 Å². The van der Waals surface area contributed by atoms with E-state index in [0.717, 1.165) is 25.3 Å². The number of nitro groups is 2. The van der Waals surface area contributed by atoms with Crippen LogP contribution in [0.15, 0.2) is 48.5 Å². The number of hydrogen-bond acceptors (Lipinski definition) is 7. The molecule has 0 aliphatic carbocycles. The van der Waals surface area contributed by atoms with E-state index < -0.39 is 39.1 Å². The average molecular weight is 359 g/mol. The van der Waals surface area contributed by atoms with E-state index in [1.807, 2.05) is 0 Å². The van der Waals surface area contributed by atoms with Crippen LogP contribution in [-0.4, -0.2) is 28.8 Å². The van der Waals surface area contributed by atoms with Gasteiger partial charge in [0.25, 0.3) is 17.3 Å². The first-order valence-electron chi connectivity index (χ1n) is 7.21. The van der Waals surface area contributed by atoms with Gasteiger partial charge in [0, 0.05) is 12.1 Å². The first kappa shape index (κ1) is 18.5. The molecule has 0 spiro atoms. The van der Waals surface area contributed by atoms with Crippen LogP contribution >= 0.6 is 0 Å². The second kappa shape index (κ2) is 7.83.